The molecule has 0 spiro atoms. The van der Waals surface area contributed by atoms with Crippen molar-refractivity contribution < 1.29 is 4.74 Å². The molecule has 1 aromatic carbocycles. The van der Waals surface area contributed by atoms with E-state index in [1.165, 1.54) is 0 Å². The van der Waals surface area contributed by atoms with Crippen LogP contribution in [-0.2, 0) is 0 Å². The van der Waals surface area contributed by atoms with Gasteiger partial charge in [0, 0.05) is 0 Å². The Hall–Kier alpha value is -0.915. The van der Waals surface area contributed by atoms with Crippen molar-refractivity contribution in [3.8, 4) is 5.75 Å². The molecule has 0 aliphatic heterocycles. The van der Waals surface area contributed by atoms with Crippen LogP contribution in [0.15, 0.2) is 24.3 Å². The van der Waals surface area contributed by atoms with Crippen LogP contribution in [0.1, 0.15) is 32.2 Å². The summed E-state index contributed by atoms with van der Waals surface area (Å²) >= 11 is 0. The average molecular weight is 176 g/mol. The SMILES string of the molecule is CC.[B]C(C)c1cccc(OC)c1. The fourth-order valence-corrected chi connectivity index (χ4v) is 0.925. The molecule has 1 rings (SSSR count). The van der Waals surface area contributed by atoms with Crippen molar-refractivity contribution in [1.29, 1.82) is 0 Å². The summed E-state index contributed by atoms with van der Waals surface area (Å²) < 4.78 is 5.05. The van der Waals surface area contributed by atoms with Crippen LogP contribution in [0, 0.1) is 0 Å². The van der Waals surface area contributed by atoms with E-state index in [0.717, 1.165) is 11.3 Å². The third-order valence-electron chi connectivity index (χ3n) is 1.62. The molecule has 0 aromatic heterocycles. The van der Waals surface area contributed by atoms with E-state index in [9.17, 15) is 0 Å². The van der Waals surface area contributed by atoms with Crippen LogP contribution in [0.5, 0.6) is 5.75 Å². The minimum atomic E-state index is 0.0742. The Kier molecular flexibility index (Phi) is 6.12. The summed E-state index contributed by atoms with van der Waals surface area (Å²) in [5.74, 6) is 0.935. The molecule has 1 aromatic rings. The van der Waals surface area contributed by atoms with E-state index in [2.05, 4.69) is 0 Å². The minimum absolute atomic E-state index is 0.0742. The molecule has 2 radical (unpaired) electrons. The second kappa shape index (κ2) is 6.58. The Morgan fingerprint density at radius 1 is 1.31 bits per heavy atom. The van der Waals surface area contributed by atoms with Gasteiger partial charge in [-0.05, 0) is 12.1 Å². The maximum Gasteiger partial charge on any atom is 0.119 e. The number of hydrogen-bond donors (Lipinski definition) is 0. The standard InChI is InChI=1S/C9H11BO.C2H6/c1-7(10)8-4-3-5-9(6-8)11-2;1-2/h3-7H,1-2H3;1-2H3. The first-order valence-electron chi connectivity index (χ1n) is 4.63. The van der Waals surface area contributed by atoms with Gasteiger partial charge in [0.2, 0.25) is 0 Å². The molecule has 1 atom stereocenters. The van der Waals surface area contributed by atoms with Crippen molar-refractivity contribution in [3.05, 3.63) is 29.8 Å². The molecule has 0 N–H and O–H groups in total. The topological polar surface area (TPSA) is 9.23 Å². The van der Waals surface area contributed by atoms with Crippen molar-refractivity contribution in [2.45, 2.75) is 26.6 Å². The van der Waals surface area contributed by atoms with Gasteiger partial charge in [0.15, 0.2) is 0 Å². The van der Waals surface area contributed by atoms with Gasteiger partial charge < -0.3 is 4.74 Å². The van der Waals surface area contributed by atoms with Crippen LogP contribution in [0.2, 0.25) is 0 Å². The molecule has 0 heterocycles. The molecule has 0 aliphatic carbocycles. The summed E-state index contributed by atoms with van der Waals surface area (Å²) in [7, 11) is 7.33. The van der Waals surface area contributed by atoms with E-state index in [4.69, 9.17) is 12.6 Å². The first-order valence-corrected chi connectivity index (χ1v) is 4.63. The van der Waals surface area contributed by atoms with Crippen molar-refractivity contribution in [1.82, 2.24) is 0 Å². The summed E-state index contributed by atoms with van der Waals surface area (Å²) in [4.78, 5) is 0. The molecule has 0 saturated heterocycles. The van der Waals surface area contributed by atoms with E-state index in [0.29, 0.717) is 0 Å². The van der Waals surface area contributed by atoms with Gasteiger partial charge in [0.1, 0.15) is 5.75 Å². The van der Waals surface area contributed by atoms with E-state index in [1.54, 1.807) is 7.11 Å². The normalized spacial score (nSPS) is 11.1. The van der Waals surface area contributed by atoms with Crippen LogP contribution in [0.25, 0.3) is 0 Å². The quantitative estimate of drug-likeness (QED) is 0.629. The van der Waals surface area contributed by atoms with Gasteiger partial charge >= 0.3 is 0 Å². The minimum Gasteiger partial charge on any atom is -0.497 e. The highest BCUT2D eigenvalue weighted by atomic mass is 16.5. The first-order chi connectivity index (χ1) is 6.24. The second-order valence-corrected chi connectivity index (χ2v) is 2.57. The monoisotopic (exact) mass is 176 g/mol. The highest BCUT2D eigenvalue weighted by molar-refractivity contribution is 6.12. The predicted octanol–water partition coefficient (Wildman–Crippen LogP) is 2.95. The smallest absolute Gasteiger partial charge is 0.119 e. The number of methoxy groups -OCH3 is 1. The molecule has 0 fully saturated rings. The van der Waals surface area contributed by atoms with Crippen LogP contribution in [-0.4, -0.2) is 15.0 Å². The maximum atomic E-state index is 5.68. The third kappa shape index (κ3) is 4.02. The van der Waals surface area contributed by atoms with Gasteiger partial charge in [-0.2, -0.15) is 0 Å². The average Bonchev–Trinajstić information content (AvgIpc) is 2.21. The van der Waals surface area contributed by atoms with Crippen molar-refractivity contribution in [3.63, 3.8) is 0 Å². The summed E-state index contributed by atoms with van der Waals surface area (Å²) in [5.41, 5.74) is 1.10. The lowest BCUT2D eigenvalue weighted by Gasteiger charge is -2.06. The number of hydrogen-bond acceptors (Lipinski definition) is 1. The Morgan fingerprint density at radius 3 is 2.38 bits per heavy atom. The van der Waals surface area contributed by atoms with E-state index < -0.39 is 0 Å². The molecule has 70 valence electrons. The molecule has 0 bridgehead atoms. The van der Waals surface area contributed by atoms with Gasteiger partial charge in [-0.25, -0.2) is 0 Å². The Labute approximate surface area is 82.5 Å². The summed E-state index contributed by atoms with van der Waals surface area (Å²) in [6.07, 6.45) is 0. The van der Waals surface area contributed by atoms with E-state index >= 15 is 0 Å². The van der Waals surface area contributed by atoms with E-state index in [-0.39, 0.29) is 5.82 Å². The van der Waals surface area contributed by atoms with Gasteiger partial charge in [0.25, 0.3) is 0 Å². The molecule has 1 nitrogen and oxygen atoms in total. The van der Waals surface area contributed by atoms with E-state index in [1.807, 2.05) is 45.0 Å². The summed E-state index contributed by atoms with van der Waals surface area (Å²) in [6, 6.07) is 7.79. The third-order valence-corrected chi connectivity index (χ3v) is 1.62. The predicted molar refractivity (Wildman–Crippen MR) is 58.5 cm³/mol. The Morgan fingerprint density at radius 2 is 1.92 bits per heavy atom. The fraction of sp³-hybridized carbons (Fsp3) is 0.455. The zero-order valence-corrected chi connectivity index (χ0v) is 8.87. The molecule has 13 heavy (non-hydrogen) atoms. The zero-order valence-electron chi connectivity index (χ0n) is 8.87. The molecule has 2 heteroatoms. The molecule has 0 saturated carbocycles. The van der Waals surface area contributed by atoms with Crippen LogP contribution < -0.4 is 4.74 Å². The Balaban J connectivity index is 0.000000671. The van der Waals surface area contributed by atoms with Gasteiger partial charge in [-0.1, -0.05) is 44.3 Å². The van der Waals surface area contributed by atoms with Gasteiger partial charge in [0.05, 0.1) is 15.0 Å². The summed E-state index contributed by atoms with van der Waals surface area (Å²) in [5, 5.41) is 0. The highest BCUT2D eigenvalue weighted by Crippen LogP contribution is 2.17. The lowest BCUT2D eigenvalue weighted by atomic mass is 9.83. The molecule has 1 unspecified atom stereocenters. The summed E-state index contributed by atoms with van der Waals surface area (Å²) in [6.45, 7) is 5.95. The highest BCUT2D eigenvalue weighted by Gasteiger charge is 1.98. The maximum absolute atomic E-state index is 5.68. The number of rotatable bonds is 2. The van der Waals surface area contributed by atoms with Gasteiger partial charge in [-0.15, -0.1) is 0 Å². The van der Waals surface area contributed by atoms with Crippen molar-refractivity contribution in [2.24, 2.45) is 0 Å². The lowest BCUT2D eigenvalue weighted by Crippen LogP contribution is -1.92. The molecule has 0 amide bonds. The largest absolute Gasteiger partial charge is 0.497 e. The van der Waals surface area contributed by atoms with Crippen LogP contribution in [0.4, 0.5) is 0 Å². The van der Waals surface area contributed by atoms with Crippen LogP contribution >= 0.6 is 0 Å². The van der Waals surface area contributed by atoms with Gasteiger partial charge in [-0.3, -0.25) is 0 Å². The number of ether oxygens (including phenoxy) is 1. The van der Waals surface area contributed by atoms with Crippen molar-refractivity contribution >= 4 is 7.85 Å². The second-order valence-electron chi connectivity index (χ2n) is 2.57. The van der Waals surface area contributed by atoms with Crippen molar-refractivity contribution in [2.75, 3.05) is 7.11 Å². The van der Waals surface area contributed by atoms with Crippen LogP contribution in [0.3, 0.4) is 0 Å². The lowest BCUT2D eigenvalue weighted by molar-refractivity contribution is 0.414. The number of benzene rings is 1. The molecular weight excluding hydrogens is 159 g/mol. The molecule has 0 aliphatic rings. The Bertz CT molecular complexity index is 233. The fourth-order valence-electron chi connectivity index (χ4n) is 0.925. The molecular formula is C11H17BO. The zero-order chi connectivity index (χ0) is 10.3. The first kappa shape index (κ1) is 12.1.